The van der Waals surface area contributed by atoms with Crippen molar-refractivity contribution >= 4 is 21.7 Å². The molecule has 2 rings (SSSR count). The van der Waals surface area contributed by atoms with E-state index in [0.717, 1.165) is 10.3 Å². The molecule has 2 nitrogen and oxygen atoms in total. The summed E-state index contributed by atoms with van der Waals surface area (Å²) in [4.78, 5) is 6.89. The molecule has 88 valence electrons. The Bertz CT molecular complexity index is 359. The lowest BCUT2D eigenvalue weighted by Gasteiger charge is -2.32. The number of aromatic nitrogens is 1. The Morgan fingerprint density at radius 1 is 1.31 bits per heavy atom. The van der Waals surface area contributed by atoms with E-state index in [1.807, 2.05) is 6.20 Å². The summed E-state index contributed by atoms with van der Waals surface area (Å²) in [6, 6.07) is 2.82. The van der Waals surface area contributed by atoms with Gasteiger partial charge in [0.2, 0.25) is 0 Å². The molecule has 0 aromatic carbocycles. The molecule has 0 bridgehead atoms. The SMILES string of the molecule is Cc1cc(Br)cnc1N(C)C1CCCCC1. The van der Waals surface area contributed by atoms with Gasteiger partial charge in [-0.1, -0.05) is 19.3 Å². The maximum Gasteiger partial charge on any atom is 0.131 e. The van der Waals surface area contributed by atoms with Crippen molar-refractivity contribution < 1.29 is 0 Å². The zero-order chi connectivity index (χ0) is 11.5. The van der Waals surface area contributed by atoms with Crippen LogP contribution < -0.4 is 4.90 Å². The average molecular weight is 283 g/mol. The standard InChI is InChI=1S/C13H19BrN2/c1-10-8-11(14)9-15-13(10)16(2)12-6-4-3-5-7-12/h8-9,12H,3-7H2,1-2H3. The summed E-state index contributed by atoms with van der Waals surface area (Å²) in [5, 5.41) is 0. The van der Waals surface area contributed by atoms with Crippen molar-refractivity contribution in [2.24, 2.45) is 0 Å². The summed E-state index contributed by atoms with van der Waals surface area (Å²) in [5.74, 6) is 1.13. The van der Waals surface area contributed by atoms with Crippen LogP contribution in [0.15, 0.2) is 16.7 Å². The third kappa shape index (κ3) is 2.57. The van der Waals surface area contributed by atoms with Crippen molar-refractivity contribution in [2.75, 3.05) is 11.9 Å². The van der Waals surface area contributed by atoms with Crippen molar-refractivity contribution in [3.05, 3.63) is 22.3 Å². The maximum atomic E-state index is 4.53. The van der Waals surface area contributed by atoms with E-state index in [1.54, 1.807) is 0 Å². The summed E-state index contributed by atoms with van der Waals surface area (Å²) in [7, 11) is 2.18. The smallest absolute Gasteiger partial charge is 0.131 e. The fourth-order valence-electron chi connectivity index (χ4n) is 2.54. The largest absolute Gasteiger partial charge is 0.356 e. The second-order valence-electron chi connectivity index (χ2n) is 4.70. The zero-order valence-corrected chi connectivity index (χ0v) is 11.6. The molecular weight excluding hydrogens is 264 g/mol. The average Bonchev–Trinajstić information content (AvgIpc) is 2.29. The number of anilines is 1. The van der Waals surface area contributed by atoms with Crippen LogP contribution in [0.3, 0.4) is 0 Å². The van der Waals surface area contributed by atoms with Crippen LogP contribution in [0.1, 0.15) is 37.7 Å². The Labute approximate surface area is 106 Å². The first-order valence-corrected chi connectivity index (χ1v) is 6.83. The predicted molar refractivity (Wildman–Crippen MR) is 72.0 cm³/mol. The Kier molecular flexibility index (Phi) is 3.85. The van der Waals surface area contributed by atoms with E-state index in [-0.39, 0.29) is 0 Å². The highest BCUT2D eigenvalue weighted by atomic mass is 79.9. The van der Waals surface area contributed by atoms with Gasteiger partial charge in [0.15, 0.2) is 0 Å². The van der Waals surface area contributed by atoms with Crippen LogP contribution in [0.4, 0.5) is 5.82 Å². The summed E-state index contributed by atoms with van der Waals surface area (Å²) in [6.07, 6.45) is 8.65. The lowest BCUT2D eigenvalue weighted by molar-refractivity contribution is 0.425. The molecule has 16 heavy (non-hydrogen) atoms. The van der Waals surface area contributed by atoms with Crippen LogP contribution >= 0.6 is 15.9 Å². The molecule has 1 aliphatic carbocycles. The zero-order valence-electron chi connectivity index (χ0n) is 10.0. The van der Waals surface area contributed by atoms with Gasteiger partial charge in [0.25, 0.3) is 0 Å². The number of hydrogen-bond donors (Lipinski definition) is 0. The molecule has 0 N–H and O–H groups in total. The topological polar surface area (TPSA) is 16.1 Å². The Morgan fingerprint density at radius 2 is 2.00 bits per heavy atom. The fourth-order valence-corrected chi connectivity index (χ4v) is 2.99. The van der Waals surface area contributed by atoms with E-state index < -0.39 is 0 Å². The first-order valence-electron chi connectivity index (χ1n) is 6.03. The monoisotopic (exact) mass is 282 g/mol. The number of pyridine rings is 1. The minimum absolute atomic E-state index is 0.682. The van der Waals surface area contributed by atoms with E-state index in [2.05, 4.69) is 45.9 Å². The molecule has 1 heterocycles. The molecule has 0 spiro atoms. The molecule has 1 aliphatic rings. The van der Waals surface area contributed by atoms with E-state index in [4.69, 9.17) is 0 Å². The molecule has 0 atom stereocenters. The molecule has 0 unspecified atom stereocenters. The van der Waals surface area contributed by atoms with Crippen LogP contribution in [-0.4, -0.2) is 18.1 Å². The first kappa shape index (κ1) is 11.9. The van der Waals surface area contributed by atoms with Gasteiger partial charge in [-0.3, -0.25) is 0 Å². The molecule has 3 heteroatoms. The summed E-state index contributed by atoms with van der Waals surface area (Å²) in [5.41, 5.74) is 1.25. The minimum atomic E-state index is 0.682. The number of hydrogen-bond acceptors (Lipinski definition) is 2. The molecular formula is C13H19BrN2. The van der Waals surface area contributed by atoms with Crippen molar-refractivity contribution in [1.29, 1.82) is 0 Å². The number of rotatable bonds is 2. The van der Waals surface area contributed by atoms with Crippen LogP contribution in [-0.2, 0) is 0 Å². The van der Waals surface area contributed by atoms with Gasteiger partial charge in [-0.2, -0.15) is 0 Å². The molecule has 1 aromatic heterocycles. The maximum absolute atomic E-state index is 4.53. The molecule has 1 saturated carbocycles. The molecule has 0 saturated heterocycles. The van der Waals surface area contributed by atoms with E-state index in [0.29, 0.717) is 6.04 Å². The second kappa shape index (κ2) is 5.17. The Hall–Kier alpha value is -0.570. The number of aryl methyl sites for hydroxylation is 1. The van der Waals surface area contributed by atoms with Crippen LogP contribution in [0, 0.1) is 6.92 Å². The summed E-state index contributed by atoms with van der Waals surface area (Å²) >= 11 is 3.46. The molecule has 1 fully saturated rings. The quantitative estimate of drug-likeness (QED) is 0.817. The summed E-state index contributed by atoms with van der Waals surface area (Å²) in [6.45, 7) is 2.13. The first-order chi connectivity index (χ1) is 7.68. The van der Waals surface area contributed by atoms with Crippen LogP contribution in [0.2, 0.25) is 0 Å². The summed E-state index contributed by atoms with van der Waals surface area (Å²) < 4.78 is 1.06. The lowest BCUT2D eigenvalue weighted by atomic mass is 9.94. The molecule has 1 aromatic rings. The minimum Gasteiger partial charge on any atom is -0.356 e. The van der Waals surface area contributed by atoms with Gasteiger partial charge in [-0.15, -0.1) is 0 Å². The van der Waals surface area contributed by atoms with Gasteiger partial charge in [-0.05, 0) is 47.3 Å². The van der Waals surface area contributed by atoms with Crippen LogP contribution in [0.5, 0.6) is 0 Å². The second-order valence-corrected chi connectivity index (χ2v) is 5.61. The van der Waals surface area contributed by atoms with Gasteiger partial charge in [0.1, 0.15) is 5.82 Å². The molecule has 0 aliphatic heterocycles. The van der Waals surface area contributed by atoms with Crippen LogP contribution in [0.25, 0.3) is 0 Å². The normalized spacial score (nSPS) is 17.4. The van der Waals surface area contributed by atoms with E-state index in [9.17, 15) is 0 Å². The van der Waals surface area contributed by atoms with Gasteiger partial charge < -0.3 is 4.90 Å². The molecule has 0 radical (unpaired) electrons. The highest BCUT2D eigenvalue weighted by Crippen LogP contribution is 2.27. The predicted octanol–water partition coefficient (Wildman–Crippen LogP) is 3.92. The van der Waals surface area contributed by atoms with Crippen molar-refractivity contribution in [2.45, 2.75) is 45.1 Å². The van der Waals surface area contributed by atoms with Crippen molar-refractivity contribution in [3.63, 3.8) is 0 Å². The molecule has 0 amide bonds. The number of halogens is 1. The highest BCUT2D eigenvalue weighted by Gasteiger charge is 2.20. The lowest BCUT2D eigenvalue weighted by Crippen LogP contribution is -2.34. The van der Waals surface area contributed by atoms with Crippen molar-refractivity contribution in [1.82, 2.24) is 4.98 Å². The highest BCUT2D eigenvalue weighted by molar-refractivity contribution is 9.10. The Balaban J connectivity index is 2.15. The van der Waals surface area contributed by atoms with Crippen molar-refractivity contribution in [3.8, 4) is 0 Å². The van der Waals surface area contributed by atoms with E-state index in [1.165, 1.54) is 37.7 Å². The third-order valence-electron chi connectivity index (χ3n) is 3.47. The van der Waals surface area contributed by atoms with Gasteiger partial charge in [0.05, 0.1) is 0 Å². The fraction of sp³-hybridized carbons (Fsp3) is 0.615. The van der Waals surface area contributed by atoms with Gasteiger partial charge in [-0.25, -0.2) is 4.98 Å². The van der Waals surface area contributed by atoms with E-state index >= 15 is 0 Å². The Morgan fingerprint density at radius 3 is 2.62 bits per heavy atom. The van der Waals surface area contributed by atoms with Gasteiger partial charge in [0, 0.05) is 23.8 Å². The van der Waals surface area contributed by atoms with Gasteiger partial charge >= 0.3 is 0 Å². The number of nitrogens with zero attached hydrogens (tertiary/aromatic N) is 2. The third-order valence-corrected chi connectivity index (χ3v) is 3.91.